The Hall–Kier alpha value is -1.70. The number of thiophene rings is 1. The van der Waals surface area contributed by atoms with Crippen molar-refractivity contribution in [3.8, 4) is 6.07 Å². The van der Waals surface area contributed by atoms with Gasteiger partial charge in [0.05, 0.1) is 16.0 Å². The molecular formula is C13H7ClFNOS. The normalized spacial score (nSPS) is 11.8. The summed E-state index contributed by atoms with van der Waals surface area (Å²) in [7, 11) is 0. The minimum absolute atomic E-state index is 0.321. The highest BCUT2D eigenvalue weighted by Gasteiger charge is 2.24. The molecule has 2 aromatic rings. The number of carbonyl (C=O) groups excluding carboxylic acids is 1. The van der Waals surface area contributed by atoms with E-state index in [0.717, 1.165) is 0 Å². The number of hydrogen-bond donors (Lipinski definition) is 0. The highest BCUT2D eigenvalue weighted by molar-refractivity contribution is 7.12. The van der Waals surface area contributed by atoms with Gasteiger partial charge in [-0.25, -0.2) is 4.39 Å². The van der Waals surface area contributed by atoms with Gasteiger partial charge in [-0.3, -0.25) is 4.79 Å². The smallest absolute Gasteiger partial charge is 0.195 e. The summed E-state index contributed by atoms with van der Waals surface area (Å²) in [4.78, 5) is 12.5. The summed E-state index contributed by atoms with van der Waals surface area (Å²) >= 11 is 7.03. The maximum Gasteiger partial charge on any atom is 0.195 e. The average molecular weight is 280 g/mol. The first kappa shape index (κ1) is 12.7. The minimum Gasteiger partial charge on any atom is -0.291 e. The number of nitriles is 1. The Kier molecular flexibility index (Phi) is 3.75. The number of nitrogens with zero attached hydrogens (tertiary/aromatic N) is 1. The van der Waals surface area contributed by atoms with Crippen LogP contribution in [-0.2, 0) is 0 Å². The summed E-state index contributed by atoms with van der Waals surface area (Å²) in [5, 5.41) is 11.1. The number of rotatable bonds is 3. The van der Waals surface area contributed by atoms with Crippen molar-refractivity contribution in [3.63, 3.8) is 0 Å². The van der Waals surface area contributed by atoms with Gasteiger partial charge in [0.2, 0.25) is 0 Å². The van der Waals surface area contributed by atoms with Crippen LogP contribution in [0.2, 0.25) is 5.02 Å². The maximum atomic E-state index is 13.1. The maximum absolute atomic E-state index is 13.1. The lowest BCUT2D eigenvalue weighted by Gasteiger charge is -2.07. The molecule has 0 saturated heterocycles. The first-order chi connectivity index (χ1) is 8.63. The monoisotopic (exact) mass is 279 g/mol. The van der Waals surface area contributed by atoms with Gasteiger partial charge in [0.1, 0.15) is 11.7 Å². The summed E-state index contributed by atoms with van der Waals surface area (Å²) in [6, 6.07) is 8.96. The molecule has 90 valence electrons. The highest BCUT2D eigenvalue weighted by Crippen LogP contribution is 2.29. The third-order valence-electron chi connectivity index (χ3n) is 2.41. The van der Waals surface area contributed by atoms with Crippen molar-refractivity contribution in [3.05, 3.63) is 57.0 Å². The Balaban J connectivity index is 2.39. The summed E-state index contributed by atoms with van der Waals surface area (Å²) < 4.78 is 13.1. The van der Waals surface area contributed by atoms with Crippen LogP contribution in [0.1, 0.15) is 21.2 Å². The minimum atomic E-state index is -1.03. The van der Waals surface area contributed by atoms with Crippen LogP contribution in [0.5, 0.6) is 0 Å². The number of carbonyl (C=O) groups is 1. The van der Waals surface area contributed by atoms with E-state index in [4.69, 9.17) is 16.9 Å². The second-order valence-corrected chi connectivity index (χ2v) is 4.90. The lowest BCUT2D eigenvalue weighted by Crippen LogP contribution is -2.10. The van der Waals surface area contributed by atoms with Crippen molar-refractivity contribution in [1.29, 1.82) is 5.26 Å². The zero-order chi connectivity index (χ0) is 13.1. The molecule has 1 heterocycles. The van der Waals surface area contributed by atoms with Crippen LogP contribution in [0.4, 0.5) is 4.39 Å². The molecule has 0 bridgehead atoms. The molecule has 0 amide bonds. The van der Waals surface area contributed by atoms with Crippen LogP contribution in [0.25, 0.3) is 0 Å². The molecule has 0 saturated carbocycles. The predicted octanol–water partition coefficient (Wildman–Crippen LogP) is 4.03. The fourth-order valence-electron chi connectivity index (χ4n) is 1.57. The van der Waals surface area contributed by atoms with Gasteiger partial charge in [0.25, 0.3) is 0 Å². The van der Waals surface area contributed by atoms with Gasteiger partial charge >= 0.3 is 0 Å². The van der Waals surface area contributed by atoms with Crippen molar-refractivity contribution >= 4 is 28.7 Å². The van der Waals surface area contributed by atoms with Crippen molar-refractivity contribution in [1.82, 2.24) is 0 Å². The Bertz CT molecular complexity index is 632. The van der Waals surface area contributed by atoms with Gasteiger partial charge in [0, 0.05) is 0 Å². The lowest BCUT2D eigenvalue weighted by molar-refractivity contribution is 0.0983. The van der Waals surface area contributed by atoms with E-state index in [1.54, 1.807) is 17.5 Å². The van der Waals surface area contributed by atoms with E-state index < -0.39 is 17.5 Å². The lowest BCUT2D eigenvalue weighted by atomic mass is 9.95. The topological polar surface area (TPSA) is 40.9 Å². The Labute approximate surface area is 112 Å². The molecule has 1 atom stereocenters. The van der Waals surface area contributed by atoms with Crippen LogP contribution in [0.15, 0.2) is 35.7 Å². The molecule has 1 aromatic heterocycles. The van der Waals surface area contributed by atoms with Crippen LogP contribution < -0.4 is 0 Å². The van der Waals surface area contributed by atoms with Crippen LogP contribution in [0, 0.1) is 17.1 Å². The van der Waals surface area contributed by atoms with E-state index in [-0.39, 0.29) is 0 Å². The third kappa shape index (κ3) is 2.42. The van der Waals surface area contributed by atoms with Gasteiger partial charge in [-0.2, -0.15) is 5.26 Å². The first-order valence-electron chi connectivity index (χ1n) is 5.05. The molecule has 0 N–H and O–H groups in total. The molecule has 2 nitrogen and oxygen atoms in total. The third-order valence-corrected chi connectivity index (χ3v) is 3.77. The summed E-state index contributed by atoms with van der Waals surface area (Å²) in [6.45, 7) is 0. The highest BCUT2D eigenvalue weighted by atomic mass is 35.5. The molecule has 0 aliphatic carbocycles. The Morgan fingerprint density at radius 2 is 2.22 bits per heavy atom. The molecule has 0 spiro atoms. The van der Waals surface area contributed by atoms with Crippen LogP contribution in [0.3, 0.4) is 0 Å². The molecule has 0 fully saturated rings. The summed E-state index contributed by atoms with van der Waals surface area (Å²) in [5.41, 5.74) is 0.340. The van der Waals surface area contributed by atoms with Crippen LogP contribution in [-0.4, -0.2) is 5.78 Å². The standard InChI is InChI=1S/C13H7ClFNOS/c14-11-4-5-18-13(11)12(17)10(7-16)8-2-1-3-9(15)6-8/h1-6,10H. The second kappa shape index (κ2) is 5.30. The zero-order valence-electron chi connectivity index (χ0n) is 9.06. The van der Waals surface area contributed by atoms with E-state index in [9.17, 15) is 9.18 Å². The van der Waals surface area contributed by atoms with Crippen LogP contribution >= 0.6 is 22.9 Å². The molecule has 1 unspecified atom stereocenters. The van der Waals surface area contributed by atoms with Crippen molar-refractivity contribution < 1.29 is 9.18 Å². The van der Waals surface area contributed by atoms with E-state index in [1.165, 1.54) is 29.5 Å². The molecule has 0 radical (unpaired) electrons. The Morgan fingerprint density at radius 1 is 1.44 bits per heavy atom. The summed E-state index contributed by atoms with van der Waals surface area (Å²) in [5.74, 6) is -1.90. The van der Waals surface area contributed by atoms with Gasteiger partial charge in [-0.1, -0.05) is 23.7 Å². The molecule has 2 rings (SSSR count). The number of Topliss-reactive ketones (excluding diaryl/α,β-unsaturated/α-hetero) is 1. The number of halogens is 2. The predicted molar refractivity (Wildman–Crippen MR) is 68.4 cm³/mol. The average Bonchev–Trinajstić information content (AvgIpc) is 2.76. The molecule has 1 aromatic carbocycles. The van der Waals surface area contributed by atoms with Gasteiger partial charge in [-0.05, 0) is 29.1 Å². The zero-order valence-corrected chi connectivity index (χ0v) is 10.6. The Morgan fingerprint density at radius 3 is 2.78 bits per heavy atom. The molecule has 5 heteroatoms. The largest absolute Gasteiger partial charge is 0.291 e. The van der Waals surface area contributed by atoms with E-state index in [0.29, 0.717) is 15.5 Å². The first-order valence-corrected chi connectivity index (χ1v) is 6.31. The van der Waals surface area contributed by atoms with Crippen molar-refractivity contribution in [2.24, 2.45) is 0 Å². The van der Waals surface area contributed by atoms with Gasteiger partial charge in [0.15, 0.2) is 5.78 Å². The van der Waals surface area contributed by atoms with Gasteiger partial charge < -0.3 is 0 Å². The van der Waals surface area contributed by atoms with E-state index in [2.05, 4.69) is 0 Å². The van der Waals surface area contributed by atoms with E-state index in [1.807, 2.05) is 6.07 Å². The van der Waals surface area contributed by atoms with Crippen molar-refractivity contribution in [2.75, 3.05) is 0 Å². The fraction of sp³-hybridized carbons (Fsp3) is 0.0769. The number of hydrogen-bond acceptors (Lipinski definition) is 3. The molecule has 0 aliphatic rings. The molecule has 18 heavy (non-hydrogen) atoms. The molecular weight excluding hydrogens is 273 g/mol. The molecule has 0 aliphatic heterocycles. The SMILES string of the molecule is N#CC(C(=O)c1sccc1Cl)c1cccc(F)c1. The number of ketones is 1. The summed E-state index contributed by atoms with van der Waals surface area (Å²) in [6.07, 6.45) is 0. The number of benzene rings is 1. The quantitative estimate of drug-likeness (QED) is 0.796. The second-order valence-electron chi connectivity index (χ2n) is 3.58. The van der Waals surface area contributed by atoms with Crippen molar-refractivity contribution in [2.45, 2.75) is 5.92 Å². The van der Waals surface area contributed by atoms with Gasteiger partial charge in [-0.15, -0.1) is 11.3 Å². The fourth-order valence-corrected chi connectivity index (χ4v) is 2.69. The van der Waals surface area contributed by atoms with E-state index >= 15 is 0 Å².